The third-order valence-corrected chi connectivity index (χ3v) is 6.83. The molecular weight excluding hydrogens is 352 g/mol. The third kappa shape index (κ3) is 3.29. The highest BCUT2D eigenvalue weighted by Gasteiger charge is 2.47. The number of halogens is 2. The molecule has 1 spiro atoms. The fraction of sp³-hybridized carbons (Fsp3) is 0.750. The van der Waals surface area contributed by atoms with Gasteiger partial charge in [0.2, 0.25) is 5.88 Å². The van der Waals surface area contributed by atoms with E-state index in [0.29, 0.717) is 5.88 Å². The van der Waals surface area contributed by atoms with Gasteiger partial charge >= 0.3 is 0 Å². The molecule has 1 aliphatic carbocycles. The zero-order valence-electron chi connectivity index (χ0n) is 15.6. The molecule has 5 rings (SSSR count). The molecule has 1 aromatic heterocycles. The van der Waals surface area contributed by atoms with Crippen molar-refractivity contribution in [2.45, 2.75) is 62.0 Å². The molecule has 0 radical (unpaired) electrons. The van der Waals surface area contributed by atoms with Crippen LogP contribution in [0.25, 0.3) is 0 Å². The normalized spacial score (nSPS) is 31.8. The molecule has 27 heavy (non-hydrogen) atoms. The van der Waals surface area contributed by atoms with Crippen molar-refractivity contribution in [1.82, 2.24) is 9.88 Å². The van der Waals surface area contributed by atoms with Crippen LogP contribution in [0.3, 0.4) is 0 Å². The van der Waals surface area contributed by atoms with Gasteiger partial charge in [0.05, 0.1) is 25.0 Å². The highest BCUT2D eigenvalue weighted by atomic mass is 19.3. The van der Waals surface area contributed by atoms with Crippen LogP contribution in [0.4, 0.5) is 14.5 Å². The van der Waals surface area contributed by atoms with Gasteiger partial charge in [0, 0.05) is 37.3 Å². The SMILES string of the molecule is FC1(F)CN(C2CCC(Oc3cc4c(cn3)NCC43CCOCC3)CC2)C1. The number of likely N-dealkylation sites (tertiary alicyclic amines) is 1. The Morgan fingerprint density at radius 3 is 2.59 bits per heavy atom. The molecule has 1 aromatic rings. The summed E-state index contributed by atoms with van der Waals surface area (Å²) in [6, 6.07) is 2.40. The van der Waals surface area contributed by atoms with E-state index in [9.17, 15) is 8.78 Å². The van der Waals surface area contributed by atoms with Gasteiger partial charge in [-0.05, 0) is 44.1 Å². The number of anilines is 1. The van der Waals surface area contributed by atoms with Crippen molar-refractivity contribution in [3.8, 4) is 5.88 Å². The second-order valence-corrected chi connectivity index (χ2v) is 8.62. The van der Waals surface area contributed by atoms with Crippen LogP contribution in [0.15, 0.2) is 12.3 Å². The van der Waals surface area contributed by atoms with Gasteiger partial charge in [-0.25, -0.2) is 13.8 Å². The number of aromatic nitrogens is 1. The maximum absolute atomic E-state index is 13.1. The summed E-state index contributed by atoms with van der Waals surface area (Å²) in [7, 11) is 0. The monoisotopic (exact) mass is 379 g/mol. The predicted molar refractivity (Wildman–Crippen MR) is 97.6 cm³/mol. The van der Waals surface area contributed by atoms with Gasteiger partial charge < -0.3 is 14.8 Å². The minimum absolute atomic E-state index is 0.0750. The molecule has 1 N–H and O–H groups in total. The third-order valence-electron chi connectivity index (χ3n) is 6.83. The van der Waals surface area contributed by atoms with Crippen LogP contribution >= 0.6 is 0 Å². The highest BCUT2D eigenvalue weighted by molar-refractivity contribution is 5.60. The molecule has 4 aliphatic rings. The van der Waals surface area contributed by atoms with E-state index >= 15 is 0 Å². The number of alkyl halides is 2. The van der Waals surface area contributed by atoms with E-state index in [0.717, 1.165) is 64.0 Å². The Bertz CT molecular complexity index is 687. The molecule has 5 nitrogen and oxygen atoms in total. The molecule has 0 unspecified atom stereocenters. The molecule has 3 fully saturated rings. The smallest absolute Gasteiger partial charge is 0.272 e. The second kappa shape index (κ2) is 6.55. The topological polar surface area (TPSA) is 46.6 Å². The highest BCUT2D eigenvalue weighted by Crippen LogP contribution is 2.44. The molecule has 1 saturated carbocycles. The Balaban J connectivity index is 1.21. The van der Waals surface area contributed by atoms with Crippen LogP contribution in [0, 0.1) is 0 Å². The Morgan fingerprint density at radius 2 is 1.89 bits per heavy atom. The average molecular weight is 379 g/mol. The molecule has 0 atom stereocenters. The van der Waals surface area contributed by atoms with Gasteiger partial charge in [0.1, 0.15) is 6.10 Å². The van der Waals surface area contributed by atoms with E-state index in [2.05, 4.69) is 16.4 Å². The molecule has 3 aliphatic heterocycles. The van der Waals surface area contributed by atoms with E-state index in [-0.39, 0.29) is 30.7 Å². The zero-order valence-corrected chi connectivity index (χ0v) is 15.6. The summed E-state index contributed by atoms with van der Waals surface area (Å²) in [5.41, 5.74) is 2.58. The summed E-state index contributed by atoms with van der Waals surface area (Å²) in [6.45, 7) is 2.41. The molecule has 0 amide bonds. The van der Waals surface area contributed by atoms with Crippen molar-refractivity contribution in [2.24, 2.45) is 0 Å². The Hall–Kier alpha value is -1.47. The molecule has 0 bridgehead atoms. The lowest BCUT2D eigenvalue weighted by Gasteiger charge is -2.46. The first-order valence-corrected chi connectivity index (χ1v) is 10.1. The van der Waals surface area contributed by atoms with Gasteiger partial charge in [-0.1, -0.05) is 0 Å². The molecule has 0 aromatic carbocycles. The standard InChI is InChI=1S/C20H27F2N3O2/c21-20(22)12-25(13-20)14-1-3-15(4-2-14)27-18-9-16-17(10-23-18)24-11-19(16)5-7-26-8-6-19/h9-10,14-15,24H,1-8,11-13H2. The molecule has 148 valence electrons. The summed E-state index contributed by atoms with van der Waals surface area (Å²) in [6.07, 6.45) is 7.75. The van der Waals surface area contributed by atoms with Crippen LogP contribution in [0.2, 0.25) is 0 Å². The number of nitrogens with one attached hydrogen (secondary N) is 1. The minimum atomic E-state index is -2.48. The van der Waals surface area contributed by atoms with E-state index < -0.39 is 5.92 Å². The Kier molecular flexibility index (Phi) is 4.27. The van der Waals surface area contributed by atoms with Crippen molar-refractivity contribution < 1.29 is 18.3 Å². The van der Waals surface area contributed by atoms with Crippen molar-refractivity contribution in [3.05, 3.63) is 17.8 Å². The maximum Gasteiger partial charge on any atom is 0.272 e. The molecule has 2 saturated heterocycles. The van der Waals surface area contributed by atoms with Gasteiger partial charge in [-0.2, -0.15) is 0 Å². The predicted octanol–water partition coefficient (Wildman–Crippen LogP) is 3.20. The maximum atomic E-state index is 13.1. The number of hydrogen-bond donors (Lipinski definition) is 1. The summed E-state index contributed by atoms with van der Waals surface area (Å²) in [5, 5.41) is 3.49. The van der Waals surface area contributed by atoms with Crippen molar-refractivity contribution in [1.29, 1.82) is 0 Å². The van der Waals surface area contributed by atoms with E-state index in [1.807, 2.05) is 11.1 Å². The fourth-order valence-corrected chi connectivity index (χ4v) is 5.15. The molecule has 4 heterocycles. The number of hydrogen-bond acceptors (Lipinski definition) is 5. The van der Waals surface area contributed by atoms with E-state index in [1.165, 1.54) is 5.56 Å². The first kappa shape index (κ1) is 17.6. The largest absolute Gasteiger partial charge is 0.474 e. The Morgan fingerprint density at radius 1 is 1.15 bits per heavy atom. The second-order valence-electron chi connectivity index (χ2n) is 8.62. The van der Waals surface area contributed by atoms with E-state index in [1.54, 1.807) is 0 Å². The van der Waals surface area contributed by atoms with Crippen molar-refractivity contribution in [3.63, 3.8) is 0 Å². The fourth-order valence-electron chi connectivity index (χ4n) is 5.15. The van der Waals surface area contributed by atoms with Gasteiger partial charge in [0.25, 0.3) is 5.92 Å². The van der Waals surface area contributed by atoms with Crippen molar-refractivity contribution >= 4 is 5.69 Å². The zero-order chi connectivity index (χ0) is 18.5. The summed E-state index contributed by atoms with van der Waals surface area (Å²) < 4.78 is 37.9. The van der Waals surface area contributed by atoms with Crippen molar-refractivity contribution in [2.75, 3.05) is 38.2 Å². The number of pyridine rings is 1. The first-order valence-electron chi connectivity index (χ1n) is 10.1. The van der Waals surface area contributed by atoms with Crippen LogP contribution in [0.1, 0.15) is 44.1 Å². The number of nitrogens with zero attached hydrogens (tertiary/aromatic N) is 2. The van der Waals surface area contributed by atoms with Gasteiger partial charge in [0.15, 0.2) is 0 Å². The summed E-state index contributed by atoms with van der Waals surface area (Å²) in [5.74, 6) is -1.78. The van der Waals surface area contributed by atoms with Crippen LogP contribution in [-0.2, 0) is 10.2 Å². The lowest BCUT2D eigenvalue weighted by molar-refractivity contribution is -0.151. The van der Waals surface area contributed by atoms with Gasteiger partial charge in [-0.15, -0.1) is 0 Å². The van der Waals surface area contributed by atoms with Crippen LogP contribution in [-0.4, -0.2) is 60.8 Å². The number of ether oxygens (including phenoxy) is 2. The Labute approximate surface area is 158 Å². The van der Waals surface area contributed by atoms with Crippen LogP contribution in [0.5, 0.6) is 5.88 Å². The molecular formula is C20H27F2N3O2. The lowest BCUT2D eigenvalue weighted by Crippen LogP contribution is -2.60. The summed E-state index contributed by atoms with van der Waals surface area (Å²) >= 11 is 0. The van der Waals surface area contributed by atoms with E-state index in [4.69, 9.17) is 9.47 Å². The minimum Gasteiger partial charge on any atom is -0.474 e. The number of rotatable bonds is 3. The summed E-state index contributed by atoms with van der Waals surface area (Å²) in [4.78, 5) is 6.42. The lowest BCUT2D eigenvalue weighted by atomic mass is 9.76. The first-order chi connectivity index (χ1) is 13.0. The van der Waals surface area contributed by atoms with Gasteiger partial charge in [-0.3, -0.25) is 4.90 Å². The molecule has 7 heteroatoms. The quantitative estimate of drug-likeness (QED) is 0.874. The number of fused-ring (bicyclic) bond motifs is 2. The average Bonchev–Trinajstić information content (AvgIpc) is 2.99. The van der Waals surface area contributed by atoms with Crippen LogP contribution < -0.4 is 10.1 Å².